The summed E-state index contributed by atoms with van der Waals surface area (Å²) in [6, 6.07) is 25.7. The predicted octanol–water partition coefficient (Wildman–Crippen LogP) is 10.1. The van der Waals surface area contributed by atoms with Gasteiger partial charge in [-0.1, -0.05) is 35.3 Å². The highest BCUT2D eigenvalue weighted by Crippen LogP contribution is 2.35. The molecule has 5 N–H and O–H groups in total. The molecule has 372 valence electrons. The first-order valence-electron chi connectivity index (χ1n) is 23.9. The summed E-state index contributed by atoms with van der Waals surface area (Å²) in [5, 5.41) is 28.3. The van der Waals surface area contributed by atoms with E-state index in [1.54, 1.807) is 12.3 Å². The van der Waals surface area contributed by atoms with Gasteiger partial charge in [-0.2, -0.15) is 30.8 Å². The minimum Gasteiger partial charge on any atom is -0.382 e. The highest BCUT2D eigenvalue weighted by Gasteiger charge is 2.21. The van der Waals surface area contributed by atoms with Gasteiger partial charge < -0.3 is 11.1 Å². The van der Waals surface area contributed by atoms with Crippen LogP contribution in [0.1, 0.15) is 27.7 Å². The van der Waals surface area contributed by atoms with Crippen LogP contribution in [0.2, 0.25) is 10.0 Å². The Labute approximate surface area is 431 Å². The lowest BCUT2D eigenvalue weighted by molar-refractivity contribution is 0.111. The number of hydrogen-bond acceptors (Lipinski definition) is 12. The van der Waals surface area contributed by atoms with Crippen molar-refractivity contribution in [2.75, 3.05) is 83.9 Å². The molecule has 2 aliphatic heterocycles. The highest BCUT2D eigenvalue weighted by atomic mass is 79.9. The minimum absolute atomic E-state index is 0.304. The molecule has 8 aromatic rings. The second-order valence-corrected chi connectivity index (χ2v) is 19.9. The Bertz CT molecular complexity index is 3020. The molecule has 0 aliphatic carbocycles. The molecule has 0 spiro atoms. The number of aromatic nitrogens is 8. The Morgan fingerprint density at radius 3 is 1.55 bits per heavy atom. The fraction of sp³-hybridized carbons (Fsp3) is 0.346. The maximum atomic E-state index is 14.5. The van der Waals surface area contributed by atoms with Crippen LogP contribution in [-0.4, -0.2) is 151 Å². The number of aromatic amines is 2. The summed E-state index contributed by atoms with van der Waals surface area (Å²) in [5.41, 5.74) is 12.4. The molecule has 0 bridgehead atoms. The van der Waals surface area contributed by atoms with Crippen LogP contribution in [0.15, 0.2) is 102 Å². The fourth-order valence-electron chi connectivity index (χ4n) is 8.77. The first kappa shape index (κ1) is 51.8. The molecular weight excluding hydrogens is 1010 g/mol. The van der Waals surface area contributed by atoms with E-state index >= 15 is 0 Å². The van der Waals surface area contributed by atoms with Gasteiger partial charge in [-0.25, -0.2) is 8.78 Å². The van der Waals surface area contributed by atoms with Gasteiger partial charge in [0.15, 0.2) is 0 Å². The summed E-state index contributed by atoms with van der Waals surface area (Å²) in [6.07, 6.45) is 3.60. The summed E-state index contributed by atoms with van der Waals surface area (Å²) in [4.78, 5) is 18.9. The normalized spacial score (nSPS) is 15.0. The average Bonchev–Trinajstić information content (AvgIpc) is 4.07. The number of nitrogens with two attached hydrogens (primary N) is 1. The first-order chi connectivity index (χ1) is 34.3. The van der Waals surface area contributed by atoms with E-state index in [0.29, 0.717) is 56.0 Å². The maximum absolute atomic E-state index is 14.5. The van der Waals surface area contributed by atoms with E-state index in [0.717, 1.165) is 95.5 Å². The molecule has 6 heterocycles. The lowest BCUT2D eigenvalue weighted by Gasteiger charge is -2.36. The fourth-order valence-corrected chi connectivity index (χ4v) is 9.47. The molecule has 71 heavy (non-hydrogen) atoms. The zero-order valence-corrected chi connectivity index (χ0v) is 43.4. The largest absolute Gasteiger partial charge is 0.382 e. The van der Waals surface area contributed by atoms with E-state index in [1.165, 1.54) is 56.5 Å². The van der Waals surface area contributed by atoms with Crippen LogP contribution in [0.25, 0.3) is 66.8 Å². The van der Waals surface area contributed by atoms with Crippen LogP contribution in [0, 0.1) is 11.6 Å². The third kappa shape index (κ3) is 13.3. The number of H-pyrrole nitrogens is 2. The van der Waals surface area contributed by atoms with Crippen molar-refractivity contribution >= 4 is 66.6 Å². The average molecular weight is 1070 g/mol. The van der Waals surface area contributed by atoms with E-state index in [9.17, 15) is 8.78 Å². The van der Waals surface area contributed by atoms with Crippen LogP contribution in [0.5, 0.6) is 0 Å². The van der Waals surface area contributed by atoms with Crippen LogP contribution >= 0.6 is 39.1 Å². The molecule has 4 aromatic carbocycles. The van der Waals surface area contributed by atoms with Crippen molar-refractivity contribution in [3.8, 4) is 45.0 Å². The van der Waals surface area contributed by atoms with Gasteiger partial charge in [-0.05, 0) is 116 Å². The number of fused-ring (bicyclic) bond motifs is 2. The van der Waals surface area contributed by atoms with Crippen molar-refractivity contribution in [2.24, 2.45) is 5.73 Å². The van der Waals surface area contributed by atoms with Crippen LogP contribution in [0.4, 0.5) is 14.5 Å². The quantitative estimate of drug-likeness (QED) is 0.0919. The first-order valence-corrected chi connectivity index (χ1v) is 25.4. The van der Waals surface area contributed by atoms with Crippen molar-refractivity contribution < 1.29 is 8.78 Å². The number of hydrogen-bond donors (Lipinski definition) is 4. The van der Waals surface area contributed by atoms with Gasteiger partial charge in [-0.3, -0.25) is 29.6 Å². The molecule has 0 amide bonds. The van der Waals surface area contributed by atoms with E-state index < -0.39 is 11.6 Å². The second kappa shape index (κ2) is 24.3. The summed E-state index contributed by atoms with van der Waals surface area (Å²) >= 11 is 15.5. The Kier molecular flexibility index (Phi) is 17.7. The van der Waals surface area contributed by atoms with E-state index in [2.05, 4.69) is 115 Å². The number of pyridine rings is 2. The van der Waals surface area contributed by atoms with Crippen molar-refractivity contribution in [1.29, 1.82) is 0 Å². The SMILES string of the molecule is CC(C)N1CCN(CCN)CC1.CC(C)N1CCN(CCNc2cnc3ccc(-c4n[nH]nc4-c4cc(Cl)ccc4F)cc3c2)CC1.Fc1ccc(Cl)cc1-c1n[nH]nc1-c1ccc2ncc(Br)cc2c1. The number of piperazine rings is 2. The molecule has 2 saturated heterocycles. The zero-order chi connectivity index (χ0) is 50.0. The predicted molar refractivity (Wildman–Crippen MR) is 287 cm³/mol. The monoisotopic (exact) mass is 1070 g/mol. The van der Waals surface area contributed by atoms with Crippen molar-refractivity contribution in [1.82, 2.24) is 60.4 Å². The molecule has 14 nitrogen and oxygen atoms in total. The van der Waals surface area contributed by atoms with Gasteiger partial charge in [0.2, 0.25) is 0 Å². The third-order valence-corrected chi connectivity index (χ3v) is 13.7. The van der Waals surface area contributed by atoms with Crippen molar-refractivity contribution in [3.05, 3.63) is 123 Å². The van der Waals surface area contributed by atoms with Gasteiger partial charge in [0, 0.05) is 144 Å². The van der Waals surface area contributed by atoms with Crippen LogP contribution < -0.4 is 11.1 Å². The topological polar surface area (TPSA) is 160 Å². The van der Waals surface area contributed by atoms with Crippen molar-refractivity contribution in [3.63, 3.8) is 0 Å². The summed E-state index contributed by atoms with van der Waals surface area (Å²) in [7, 11) is 0. The van der Waals surface area contributed by atoms with Crippen molar-refractivity contribution in [2.45, 2.75) is 39.8 Å². The number of benzene rings is 4. The lowest BCUT2D eigenvalue weighted by atomic mass is 10.0. The standard InChI is InChI=1S/C26H29ClFN7.C17H9BrClFN4.C9H21N3/c1-17(2)35-11-9-34(10-12-35)8-7-29-21-14-19-13-18(3-6-24(19)30-16-21)25-26(32-33-31-25)22-15-20(27)4-5-23(22)28;18-11-6-10-5-9(1-4-15(10)21-8-11)16-17(23-24-22-16)13-7-12(19)2-3-14(13)20;1-9(2)12-7-5-11(4-3-10)6-8-12/h3-6,13-17,29H,7-12H2,1-2H3,(H,31,32,33);1-8H,(H,22,23,24);9H,3-8,10H2,1-2H3. The molecule has 19 heteroatoms. The second-order valence-electron chi connectivity index (χ2n) is 18.1. The minimum atomic E-state index is -0.403. The number of halogens is 5. The molecule has 0 saturated carbocycles. The van der Waals surface area contributed by atoms with Gasteiger partial charge >= 0.3 is 0 Å². The van der Waals surface area contributed by atoms with E-state index in [4.69, 9.17) is 28.9 Å². The molecule has 2 fully saturated rings. The van der Waals surface area contributed by atoms with Crippen LogP contribution in [0.3, 0.4) is 0 Å². The van der Waals surface area contributed by atoms with E-state index in [1.807, 2.05) is 48.7 Å². The van der Waals surface area contributed by atoms with Gasteiger partial charge in [0.05, 0.1) is 22.9 Å². The van der Waals surface area contributed by atoms with Crippen LogP contribution in [-0.2, 0) is 0 Å². The number of nitrogens with one attached hydrogen (secondary N) is 3. The Hall–Kier alpha value is -5.50. The molecule has 2 aliphatic rings. The summed E-state index contributed by atoms with van der Waals surface area (Å²) < 4.78 is 29.5. The Morgan fingerprint density at radius 2 is 1.06 bits per heavy atom. The highest BCUT2D eigenvalue weighted by molar-refractivity contribution is 9.10. The molecule has 0 radical (unpaired) electrons. The Balaban J connectivity index is 0.000000161. The van der Waals surface area contributed by atoms with Gasteiger partial charge in [0.1, 0.15) is 34.4 Å². The number of rotatable bonds is 12. The number of nitrogens with zero attached hydrogens (tertiary/aromatic N) is 10. The summed E-state index contributed by atoms with van der Waals surface area (Å²) in [6.45, 7) is 22.0. The zero-order valence-electron chi connectivity index (χ0n) is 40.3. The van der Waals surface area contributed by atoms with Gasteiger partial charge in [-0.15, -0.1) is 0 Å². The molecule has 0 atom stereocenters. The smallest absolute Gasteiger partial charge is 0.132 e. The molecule has 4 aromatic heterocycles. The van der Waals surface area contributed by atoms with E-state index in [-0.39, 0.29) is 0 Å². The third-order valence-electron chi connectivity index (χ3n) is 12.8. The molecular formula is C52H59BrCl2F2N14. The van der Waals surface area contributed by atoms with Gasteiger partial charge in [0.25, 0.3) is 0 Å². The molecule has 10 rings (SSSR count). The molecule has 0 unspecified atom stereocenters. The number of anilines is 1. The Morgan fingerprint density at radius 1 is 0.592 bits per heavy atom. The summed E-state index contributed by atoms with van der Waals surface area (Å²) in [5.74, 6) is -0.802. The maximum Gasteiger partial charge on any atom is 0.132 e. The lowest BCUT2D eigenvalue weighted by Crippen LogP contribution is -2.49.